The predicted molar refractivity (Wildman–Crippen MR) is 72.2 cm³/mol. The second-order valence-electron chi connectivity index (χ2n) is 3.99. The number of hydrogen-bond donors (Lipinski definition) is 1. The third-order valence-electron chi connectivity index (χ3n) is 2.41. The number of carbonyl (C=O) groups is 1. The summed E-state index contributed by atoms with van der Waals surface area (Å²) >= 11 is 0. The van der Waals surface area contributed by atoms with Crippen molar-refractivity contribution < 1.29 is 14.6 Å². The highest BCUT2D eigenvalue weighted by molar-refractivity contribution is 5.68. The van der Waals surface area contributed by atoms with Crippen LogP contribution in [0.25, 0.3) is 0 Å². The van der Waals surface area contributed by atoms with Gasteiger partial charge in [0.25, 0.3) is 0 Å². The van der Waals surface area contributed by atoms with E-state index in [0.717, 1.165) is 18.8 Å². The van der Waals surface area contributed by atoms with E-state index in [4.69, 9.17) is 9.84 Å². The van der Waals surface area contributed by atoms with Crippen LogP contribution in [0.5, 0.6) is 0 Å². The lowest BCUT2D eigenvalue weighted by molar-refractivity contribution is -0.145. The lowest BCUT2D eigenvalue weighted by Gasteiger charge is -2.25. The Morgan fingerprint density at radius 1 is 1.35 bits per heavy atom. The van der Waals surface area contributed by atoms with Crippen molar-refractivity contribution in [3.8, 4) is 0 Å². The molecule has 1 N–H and O–H groups in total. The van der Waals surface area contributed by atoms with Crippen LogP contribution in [0.2, 0.25) is 0 Å². The van der Waals surface area contributed by atoms with Crippen molar-refractivity contribution in [3.63, 3.8) is 0 Å². The Kier molecular flexibility index (Phi) is 14.4. The number of carboxylic acid groups (broad SMARTS) is 1. The van der Waals surface area contributed by atoms with Crippen LogP contribution >= 0.6 is 0 Å². The first-order valence-electron chi connectivity index (χ1n) is 6.50. The van der Waals surface area contributed by atoms with Gasteiger partial charge in [-0.15, -0.1) is 6.58 Å². The van der Waals surface area contributed by atoms with Crippen LogP contribution in [0.1, 0.15) is 53.4 Å². The molecule has 3 heteroatoms. The molecule has 0 bridgehead atoms. The Morgan fingerprint density at radius 2 is 1.76 bits per heavy atom. The van der Waals surface area contributed by atoms with Gasteiger partial charge in [-0.2, -0.15) is 0 Å². The van der Waals surface area contributed by atoms with Crippen LogP contribution in [0.4, 0.5) is 0 Å². The molecule has 0 saturated heterocycles. The maximum atomic E-state index is 10.2. The number of aliphatic carboxylic acids is 1. The van der Waals surface area contributed by atoms with E-state index in [-0.39, 0.29) is 12.7 Å². The smallest absolute Gasteiger partial charge is 0.329 e. The third kappa shape index (κ3) is 13.1. The fourth-order valence-electron chi connectivity index (χ4n) is 1.59. The van der Waals surface area contributed by atoms with Crippen molar-refractivity contribution in [2.24, 2.45) is 5.92 Å². The molecule has 0 aromatic carbocycles. The van der Waals surface area contributed by atoms with E-state index in [2.05, 4.69) is 13.5 Å². The normalized spacial score (nSPS) is 22.4. The molecule has 0 spiro atoms. The largest absolute Gasteiger partial charge is 0.480 e. The van der Waals surface area contributed by atoms with E-state index in [9.17, 15) is 4.79 Å². The summed E-state index contributed by atoms with van der Waals surface area (Å²) in [7, 11) is 0. The van der Waals surface area contributed by atoms with E-state index < -0.39 is 5.97 Å². The van der Waals surface area contributed by atoms with Crippen LogP contribution in [-0.2, 0) is 9.53 Å². The highest BCUT2D eigenvalue weighted by Gasteiger charge is 2.18. The van der Waals surface area contributed by atoms with Gasteiger partial charge in [-0.05, 0) is 38.5 Å². The quantitative estimate of drug-likeness (QED) is 0.766. The van der Waals surface area contributed by atoms with Crippen molar-refractivity contribution in [2.45, 2.75) is 59.5 Å². The van der Waals surface area contributed by atoms with Gasteiger partial charge in [-0.1, -0.05) is 26.8 Å². The summed E-state index contributed by atoms with van der Waals surface area (Å²) in [5.41, 5.74) is 0. The first-order valence-corrected chi connectivity index (χ1v) is 6.50. The van der Waals surface area contributed by atoms with Crippen molar-refractivity contribution in [1.82, 2.24) is 0 Å². The standard InChI is InChI=1S/C9H16O3.C3H6.C2H6/c1-7-2-4-8(5-3-7)12-6-9(10)11;1-3-2;1-2/h7-8H,2-6H2,1H3,(H,10,11);3H,1H2,2H3;1-2H3. The third-order valence-corrected chi connectivity index (χ3v) is 2.41. The van der Waals surface area contributed by atoms with Crippen molar-refractivity contribution in [1.29, 1.82) is 0 Å². The lowest BCUT2D eigenvalue weighted by atomic mass is 9.89. The fourth-order valence-corrected chi connectivity index (χ4v) is 1.59. The number of carboxylic acids is 1. The minimum Gasteiger partial charge on any atom is -0.480 e. The zero-order valence-electron chi connectivity index (χ0n) is 11.7. The van der Waals surface area contributed by atoms with E-state index in [1.165, 1.54) is 12.8 Å². The van der Waals surface area contributed by atoms with Crippen molar-refractivity contribution >= 4 is 5.97 Å². The van der Waals surface area contributed by atoms with E-state index >= 15 is 0 Å². The molecule has 1 aliphatic carbocycles. The van der Waals surface area contributed by atoms with E-state index in [1.54, 1.807) is 6.08 Å². The first-order chi connectivity index (χ1) is 8.10. The maximum absolute atomic E-state index is 10.2. The molecule has 0 atom stereocenters. The molecule has 1 aliphatic rings. The number of rotatable bonds is 3. The Bertz CT molecular complexity index is 182. The Labute approximate surface area is 106 Å². The molecule has 102 valence electrons. The first kappa shape index (κ1) is 18.5. The maximum Gasteiger partial charge on any atom is 0.329 e. The summed E-state index contributed by atoms with van der Waals surface area (Å²) < 4.78 is 5.19. The molecule has 17 heavy (non-hydrogen) atoms. The van der Waals surface area contributed by atoms with Gasteiger partial charge in [0.15, 0.2) is 0 Å². The van der Waals surface area contributed by atoms with E-state index in [0.29, 0.717) is 0 Å². The number of hydrogen-bond acceptors (Lipinski definition) is 2. The van der Waals surface area contributed by atoms with Gasteiger partial charge >= 0.3 is 5.97 Å². The van der Waals surface area contributed by atoms with Gasteiger partial charge in [0, 0.05) is 0 Å². The van der Waals surface area contributed by atoms with Crippen LogP contribution in [0.15, 0.2) is 12.7 Å². The summed E-state index contributed by atoms with van der Waals surface area (Å²) in [6.45, 7) is 11.3. The molecule has 0 amide bonds. The highest BCUT2D eigenvalue weighted by atomic mass is 16.5. The summed E-state index contributed by atoms with van der Waals surface area (Å²) in [5, 5.41) is 8.37. The molecule has 1 fully saturated rings. The summed E-state index contributed by atoms with van der Waals surface area (Å²) in [5.74, 6) is -0.0803. The Balaban J connectivity index is 0. The van der Waals surface area contributed by atoms with Crippen molar-refractivity contribution in [2.75, 3.05) is 6.61 Å². The zero-order valence-corrected chi connectivity index (χ0v) is 11.7. The second kappa shape index (κ2) is 13.2. The van der Waals surface area contributed by atoms with Crippen LogP contribution in [-0.4, -0.2) is 23.8 Å². The summed E-state index contributed by atoms with van der Waals surface area (Å²) in [6.07, 6.45) is 6.33. The lowest BCUT2D eigenvalue weighted by Crippen LogP contribution is -2.23. The summed E-state index contributed by atoms with van der Waals surface area (Å²) in [6, 6.07) is 0. The SMILES string of the molecule is C=CC.CC.CC1CCC(OCC(=O)O)CC1. The molecule has 0 radical (unpaired) electrons. The average molecular weight is 244 g/mol. The molecule has 1 saturated carbocycles. The van der Waals surface area contributed by atoms with E-state index in [1.807, 2.05) is 20.8 Å². The minimum absolute atomic E-state index is 0.140. The predicted octanol–water partition coefficient (Wildman–Crippen LogP) is 3.88. The molecule has 0 aliphatic heterocycles. The van der Waals surface area contributed by atoms with Crippen LogP contribution in [0, 0.1) is 5.92 Å². The van der Waals surface area contributed by atoms with Crippen molar-refractivity contribution in [3.05, 3.63) is 12.7 Å². The van der Waals surface area contributed by atoms with Gasteiger partial charge in [0.05, 0.1) is 6.10 Å². The molecule has 1 rings (SSSR count). The molecule has 0 aromatic heterocycles. The Morgan fingerprint density at radius 3 is 2.12 bits per heavy atom. The van der Waals surface area contributed by atoms with Gasteiger partial charge in [0.2, 0.25) is 0 Å². The zero-order chi connectivity index (χ0) is 13.7. The minimum atomic E-state index is -0.867. The van der Waals surface area contributed by atoms with Gasteiger partial charge in [-0.25, -0.2) is 4.79 Å². The fraction of sp³-hybridized carbons (Fsp3) is 0.786. The van der Waals surface area contributed by atoms with Crippen LogP contribution in [0.3, 0.4) is 0 Å². The average Bonchev–Trinajstić information content (AvgIpc) is 2.32. The topological polar surface area (TPSA) is 46.5 Å². The molecule has 0 aromatic rings. The molecular formula is C14H28O3. The number of allylic oxidation sites excluding steroid dienone is 1. The molecule has 0 heterocycles. The Hall–Kier alpha value is -0.830. The van der Waals surface area contributed by atoms with Gasteiger partial charge in [-0.3, -0.25) is 0 Å². The molecule has 0 unspecified atom stereocenters. The van der Waals surface area contributed by atoms with Gasteiger partial charge < -0.3 is 9.84 Å². The molecular weight excluding hydrogens is 216 g/mol. The monoisotopic (exact) mass is 244 g/mol. The number of ether oxygens (including phenoxy) is 1. The van der Waals surface area contributed by atoms with Crippen LogP contribution < -0.4 is 0 Å². The summed E-state index contributed by atoms with van der Waals surface area (Å²) in [4.78, 5) is 10.2. The highest BCUT2D eigenvalue weighted by Crippen LogP contribution is 2.25. The second-order valence-corrected chi connectivity index (χ2v) is 3.99. The molecule has 3 nitrogen and oxygen atoms in total. The van der Waals surface area contributed by atoms with Gasteiger partial charge in [0.1, 0.15) is 6.61 Å².